The second-order valence-electron chi connectivity index (χ2n) is 5.18. The number of fused-ring (bicyclic) bond motifs is 1. The Morgan fingerprint density at radius 1 is 1.28 bits per heavy atom. The van der Waals surface area contributed by atoms with Crippen LogP contribution in [0.2, 0.25) is 0 Å². The van der Waals surface area contributed by atoms with E-state index in [0.29, 0.717) is 41.2 Å². The Morgan fingerprint density at radius 3 is 2.88 bits per heavy atom. The normalized spacial score (nSPS) is 10.8. The Kier molecular flexibility index (Phi) is 5.11. The molecule has 128 valence electrons. The largest absolute Gasteiger partial charge is 0.461 e. The number of nitrogens with zero attached hydrogens (tertiary/aromatic N) is 5. The highest BCUT2D eigenvalue weighted by atomic mass is 79.9. The highest BCUT2D eigenvalue weighted by Gasteiger charge is 2.16. The lowest BCUT2D eigenvalue weighted by molar-refractivity contribution is 0.141. The van der Waals surface area contributed by atoms with Crippen LogP contribution in [0.1, 0.15) is 11.1 Å². The molecule has 8 nitrogen and oxygen atoms in total. The highest BCUT2D eigenvalue weighted by Crippen LogP contribution is 2.25. The predicted molar refractivity (Wildman–Crippen MR) is 95.1 cm³/mol. The van der Waals surface area contributed by atoms with Gasteiger partial charge in [0.15, 0.2) is 21.7 Å². The van der Waals surface area contributed by atoms with Crippen LogP contribution in [0.3, 0.4) is 0 Å². The van der Waals surface area contributed by atoms with Gasteiger partial charge in [-0.05, 0) is 33.6 Å². The van der Waals surface area contributed by atoms with Crippen LogP contribution in [0.25, 0.3) is 11.2 Å². The van der Waals surface area contributed by atoms with Crippen molar-refractivity contribution in [2.75, 3.05) is 26.1 Å². The van der Waals surface area contributed by atoms with Crippen molar-refractivity contribution in [2.24, 2.45) is 0 Å². The molecule has 9 heteroatoms. The molecule has 0 aliphatic heterocycles. The maximum Gasteiger partial charge on any atom is 0.320 e. The summed E-state index contributed by atoms with van der Waals surface area (Å²) < 4.78 is 12.8. The zero-order valence-electron chi connectivity index (χ0n) is 13.4. The number of hydrogen-bond acceptors (Lipinski definition) is 7. The van der Waals surface area contributed by atoms with E-state index in [2.05, 4.69) is 37.0 Å². The van der Waals surface area contributed by atoms with Crippen molar-refractivity contribution in [3.63, 3.8) is 0 Å². The van der Waals surface area contributed by atoms with Crippen molar-refractivity contribution in [2.45, 2.75) is 6.54 Å². The molecule has 0 unspecified atom stereocenters. The minimum absolute atomic E-state index is 0.168. The van der Waals surface area contributed by atoms with Gasteiger partial charge in [-0.25, -0.2) is 4.98 Å². The summed E-state index contributed by atoms with van der Waals surface area (Å²) in [5.41, 5.74) is 8.55. The first kappa shape index (κ1) is 17.1. The van der Waals surface area contributed by atoms with Crippen LogP contribution < -0.4 is 10.5 Å². The molecule has 0 aliphatic carbocycles. The minimum Gasteiger partial charge on any atom is -0.461 e. The van der Waals surface area contributed by atoms with E-state index in [1.807, 2.05) is 22.8 Å². The fraction of sp³-hybridized carbons (Fsp3) is 0.250. The van der Waals surface area contributed by atoms with E-state index in [-0.39, 0.29) is 11.8 Å². The van der Waals surface area contributed by atoms with E-state index < -0.39 is 0 Å². The molecule has 3 aromatic rings. The number of hydrogen-bond donors (Lipinski definition) is 1. The van der Waals surface area contributed by atoms with Crippen molar-refractivity contribution in [3.05, 3.63) is 40.1 Å². The molecule has 0 aliphatic rings. The molecule has 0 radical (unpaired) electrons. The number of halogens is 1. The molecule has 3 rings (SSSR count). The van der Waals surface area contributed by atoms with Crippen molar-refractivity contribution in [1.29, 1.82) is 5.26 Å². The van der Waals surface area contributed by atoms with E-state index >= 15 is 0 Å². The number of anilines is 1. The fourth-order valence-electron chi connectivity index (χ4n) is 2.32. The van der Waals surface area contributed by atoms with E-state index in [4.69, 9.17) is 20.5 Å². The SMILES string of the molecule is COCCOc1nc(N)c2nc(Br)n(Cc3cccc(C#N)c3)c2n1. The second kappa shape index (κ2) is 7.46. The topological polar surface area (TPSA) is 112 Å². The molecule has 0 spiro atoms. The number of imidazole rings is 1. The molecule has 0 saturated carbocycles. The molecule has 2 heterocycles. The molecule has 0 amide bonds. The number of methoxy groups -OCH3 is 1. The summed E-state index contributed by atoms with van der Waals surface area (Å²) in [5.74, 6) is 0.239. The summed E-state index contributed by atoms with van der Waals surface area (Å²) in [6.07, 6.45) is 0. The van der Waals surface area contributed by atoms with Gasteiger partial charge in [0.2, 0.25) is 0 Å². The Labute approximate surface area is 152 Å². The molecule has 0 saturated heterocycles. The molecule has 0 atom stereocenters. The number of aromatic nitrogens is 4. The predicted octanol–water partition coefficient (Wildman–Crippen LogP) is 2.12. The van der Waals surface area contributed by atoms with E-state index in [0.717, 1.165) is 5.56 Å². The number of rotatable bonds is 6. The van der Waals surface area contributed by atoms with Crippen LogP contribution in [0.15, 0.2) is 29.0 Å². The van der Waals surface area contributed by atoms with Gasteiger partial charge in [0, 0.05) is 7.11 Å². The van der Waals surface area contributed by atoms with Crippen LogP contribution >= 0.6 is 15.9 Å². The number of benzene rings is 1. The average Bonchev–Trinajstić information content (AvgIpc) is 2.92. The van der Waals surface area contributed by atoms with Crippen molar-refractivity contribution >= 4 is 32.9 Å². The van der Waals surface area contributed by atoms with E-state index in [1.165, 1.54) is 0 Å². The Bertz CT molecular complexity index is 950. The molecular formula is C16H15BrN6O2. The lowest BCUT2D eigenvalue weighted by atomic mass is 10.1. The molecule has 1 aromatic carbocycles. The van der Waals surface area contributed by atoms with Crippen LogP contribution in [0.5, 0.6) is 6.01 Å². The Balaban J connectivity index is 1.99. The third kappa shape index (κ3) is 3.70. The van der Waals surface area contributed by atoms with Crippen molar-refractivity contribution in [1.82, 2.24) is 19.5 Å². The summed E-state index contributed by atoms with van der Waals surface area (Å²) in [7, 11) is 1.59. The fourth-order valence-corrected chi connectivity index (χ4v) is 2.79. The zero-order valence-corrected chi connectivity index (χ0v) is 15.0. The number of nitrogens with two attached hydrogens (primary N) is 1. The first-order chi connectivity index (χ1) is 12.1. The summed E-state index contributed by atoms with van der Waals surface area (Å²) >= 11 is 3.43. The first-order valence-electron chi connectivity index (χ1n) is 7.42. The third-order valence-electron chi connectivity index (χ3n) is 3.47. The Morgan fingerprint density at radius 2 is 2.12 bits per heavy atom. The summed E-state index contributed by atoms with van der Waals surface area (Å²) in [4.78, 5) is 12.9. The van der Waals surface area contributed by atoms with E-state index in [1.54, 1.807) is 13.2 Å². The van der Waals surface area contributed by atoms with Gasteiger partial charge in [-0.2, -0.15) is 15.2 Å². The van der Waals surface area contributed by atoms with Gasteiger partial charge in [-0.3, -0.25) is 4.57 Å². The molecular weight excluding hydrogens is 388 g/mol. The molecule has 2 N–H and O–H groups in total. The summed E-state index contributed by atoms with van der Waals surface area (Å²) in [6.45, 7) is 1.22. The monoisotopic (exact) mass is 402 g/mol. The standard InChI is InChI=1S/C16H15BrN6O2/c1-24-5-6-25-16-21-13(19)12-14(22-16)23(15(17)20-12)9-11-4-2-3-10(7-11)8-18/h2-4,7H,5-6,9H2,1H3,(H2,19,21,22). The average molecular weight is 403 g/mol. The highest BCUT2D eigenvalue weighted by molar-refractivity contribution is 9.10. The molecule has 0 bridgehead atoms. The second-order valence-corrected chi connectivity index (χ2v) is 5.89. The molecule has 2 aromatic heterocycles. The summed E-state index contributed by atoms with van der Waals surface area (Å²) in [6, 6.07) is 9.64. The van der Waals surface area contributed by atoms with Gasteiger partial charge < -0.3 is 15.2 Å². The minimum atomic E-state index is 0.168. The molecule has 0 fully saturated rings. The van der Waals surface area contributed by atoms with Crippen molar-refractivity contribution in [3.8, 4) is 12.1 Å². The molecule has 25 heavy (non-hydrogen) atoms. The van der Waals surface area contributed by atoms with Gasteiger partial charge in [-0.1, -0.05) is 12.1 Å². The Hall–Kier alpha value is -2.70. The van der Waals surface area contributed by atoms with Crippen LogP contribution in [-0.2, 0) is 11.3 Å². The van der Waals surface area contributed by atoms with Crippen LogP contribution in [0.4, 0.5) is 5.82 Å². The number of nitriles is 1. The zero-order chi connectivity index (χ0) is 17.8. The van der Waals surface area contributed by atoms with Gasteiger partial charge in [0.25, 0.3) is 0 Å². The lowest BCUT2D eigenvalue weighted by Gasteiger charge is -2.08. The quantitative estimate of drug-likeness (QED) is 0.496. The maximum atomic E-state index is 9.05. The van der Waals surface area contributed by atoms with Gasteiger partial charge in [0.05, 0.1) is 24.8 Å². The lowest BCUT2D eigenvalue weighted by Crippen LogP contribution is -2.09. The number of nitrogen functional groups attached to an aromatic ring is 1. The summed E-state index contributed by atoms with van der Waals surface area (Å²) in [5, 5.41) is 9.05. The van der Waals surface area contributed by atoms with Crippen LogP contribution in [-0.4, -0.2) is 39.8 Å². The first-order valence-corrected chi connectivity index (χ1v) is 8.21. The van der Waals surface area contributed by atoms with Gasteiger partial charge >= 0.3 is 6.01 Å². The van der Waals surface area contributed by atoms with Gasteiger partial charge in [-0.15, -0.1) is 0 Å². The van der Waals surface area contributed by atoms with Crippen LogP contribution in [0, 0.1) is 11.3 Å². The number of ether oxygens (including phenoxy) is 2. The smallest absolute Gasteiger partial charge is 0.320 e. The van der Waals surface area contributed by atoms with Crippen molar-refractivity contribution < 1.29 is 9.47 Å². The maximum absolute atomic E-state index is 9.05. The third-order valence-corrected chi connectivity index (χ3v) is 4.08. The van der Waals surface area contributed by atoms with E-state index in [9.17, 15) is 0 Å². The van der Waals surface area contributed by atoms with Gasteiger partial charge in [0.1, 0.15) is 6.61 Å².